The fourth-order valence-electron chi connectivity index (χ4n) is 4.38. The van der Waals surface area contributed by atoms with E-state index in [1.807, 2.05) is 12.4 Å². The molecule has 0 saturated heterocycles. The first-order valence-corrected chi connectivity index (χ1v) is 10.8. The summed E-state index contributed by atoms with van der Waals surface area (Å²) in [7, 11) is 0. The molecule has 1 aromatic heterocycles. The third kappa shape index (κ3) is 4.52. The van der Waals surface area contributed by atoms with E-state index >= 15 is 0 Å². The first-order chi connectivity index (χ1) is 15.4. The van der Waals surface area contributed by atoms with Gasteiger partial charge in [0, 0.05) is 37.1 Å². The smallest absolute Gasteiger partial charge is 0.123 e. The molecular formula is C28H26N2O. The Kier molecular flexibility index (Phi) is 5.76. The lowest BCUT2D eigenvalue weighted by Crippen LogP contribution is -2.42. The predicted octanol–water partition coefficient (Wildman–Crippen LogP) is 5.75. The maximum atomic E-state index is 6.30. The van der Waals surface area contributed by atoms with Gasteiger partial charge in [0.1, 0.15) is 12.4 Å². The lowest BCUT2D eigenvalue weighted by Gasteiger charge is -2.36. The predicted molar refractivity (Wildman–Crippen MR) is 125 cm³/mol. The number of benzene rings is 3. The van der Waals surface area contributed by atoms with Crippen LogP contribution >= 0.6 is 0 Å². The number of hydrogen-bond acceptors (Lipinski definition) is 3. The van der Waals surface area contributed by atoms with E-state index < -0.39 is 0 Å². The van der Waals surface area contributed by atoms with Crippen molar-refractivity contribution in [2.75, 3.05) is 6.61 Å². The molecule has 0 amide bonds. The summed E-state index contributed by atoms with van der Waals surface area (Å²) in [6.07, 6.45) is 4.67. The summed E-state index contributed by atoms with van der Waals surface area (Å²) < 4.78 is 6.30. The van der Waals surface area contributed by atoms with Gasteiger partial charge in [0.2, 0.25) is 0 Å². The Morgan fingerprint density at radius 2 is 1.39 bits per heavy atom. The van der Waals surface area contributed by atoms with Crippen molar-refractivity contribution in [3.8, 4) is 16.9 Å². The molecule has 5 rings (SSSR count). The third-order valence-electron chi connectivity index (χ3n) is 5.97. The molecular weight excluding hydrogens is 380 g/mol. The van der Waals surface area contributed by atoms with Gasteiger partial charge in [0.05, 0.1) is 0 Å². The highest BCUT2D eigenvalue weighted by Gasteiger charge is 2.27. The Bertz CT molecular complexity index is 1070. The number of rotatable bonds is 6. The normalized spacial score (nSPS) is 15.3. The van der Waals surface area contributed by atoms with E-state index in [9.17, 15) is 0 Å². The zero-order chi connectivity index (χ0) is 20.9. The molecule has 31 heavy (non-hydrogen) atoms. The standard InChI is InChI=1S/C28H26N2O/c1-3-8-22(9-4-1)19-30(20-23-10-5-2-6-11-23)25-18-27-26(24-14-16-29-17-15-24)12-7-13-28(27)31-21-25/h1-17,25H,18-21H2. The zero-order valence-electron chi connectivity index (χ0n) is 17.5. The quantitative estimate of drug-likeness (QED) is 0.407. The van der Waals surface area contributed by atoms with E-state index in [2.05, 4.69) is 101 Å². The molecule has 0 N–H and O–H groups in total. The summed E-state index contributed by atoms with van der Waals surface area (Å²) in [6.45, 7) is 2.50. The van der Waals surface area contributed by atoms with Gasteiger partial charge in [-0.15, -0.1) is 0 Å². The van der Waals surface area contributed by atoms with E-state index in [0.29, 0.717) is 12.6 Å². The van der Waals surface area contributed by atoms with Gasteiger partial charge < -0.3 is 4.74 Å². The molecule has 0 radical (unpaired) electrons. The molecule has 0 aliphatic carbocycles. The molecule has 1 aliphatic rings. The maximum Gasteiger partial charge on any atom is 0.123 e. The van der Waals surface area contributed by atoms with Crippen molar-refractivity contribution >= 4 is 0 Å². The van der Waals surface area contributed by atoms with Crippen LogP contribution in [-0.2, 0) is 19.5 Å². The second-order valence-electron chi connectivity index (χ2n) is 8.06. The van der Waals surface area contributed by atoms with Gasteiger partial charge in [-0.1, -0.05) is 72.8 Å². The Morgan fingerprint density at radius 3 is 2.03 bits per heavy atom. The van der Waals surface area contributed by atoms with E-state index in [4.69, 9.17) is 4.74 Å². The second-order valence-corrected chi connectivity index (χ2v) is 8.06. The van der Waals surface area contributed by atoms with Crippen LogP contribution in [0.4, 0.5) is 0 Å². The molecule has 1 aliphatic heterocycles. The van der Waals surface area contributed by atoms with E-state index in [0.717, 1.165) is 25.3 Å². The molecule has 3 nitrogen and oxygen atoms in total. The number of fused-ring (bicyclic) bond motifs is 1. The molecule has 2 heterocycles. The fraction of sp³-hybridized carbons (Fsp3) is 0.179. The number of ether oxygens (including phenoxy) is 1. The summed E-state index contributed by atoms with van der Waals surface area (Å²) in [4.78, 5) is 6.73. The van der Waals surface area contributed by atoms with Crippen molar-refractivity contribution in [2.24, 2.45) is 0 Å². The van der Waals surface area contributed by atoms with Crippen LogP contribution in [0.1, 0.15) is 16.7 Å². The molecule has 1 unspecified atom stereocenters. The average molecular weight is 407 g/mol. The number of nitrogens with zero attached hydrogens (tertiary/aromatic N) is 2. The SMILES string of the molecule is c1ccc(CN(Cc2ccccc2)C2COc3cccc(-c4ccncc4)c3C2)cc1. The lowest BCUT2D eigenvalue weighted by molar-refractivity contribution is 0.106. The molecule has 1 atom stereocenters. The van der Waals surface area contributed by atoms with Crippen LogP contribution in [0.25, 0.3) is 11.1 Å². The average Bonchev–Trinajstić information content (AvgIpc) is 2.85. The van der Waals surface area contributed by atoms with Gasteiger partial charge >= 0.3 is 0 Å². The van der Waals surface area contributed by atoms with Gasteiger partial charge in [-0.3, -0.25) is 9.88 Å². The molecule has 0 saturated carbocycles. The molecule has 3 aromatic carbocycles. The number of pyridine rings is 1. The summed E-state index contributed by atoms with van der Waals surface area (Å²) in [5.74, 6) is 1.00. The fourth-order valence-corrected chi connectivity index (χ4v) is 4.38. The highest BCUT2D eigenvalue weighted by molar-refractivity contribution is 5.70. The van der Waals surface area contributed by atoms with Gasteiger partial charge in [-0.05, 0) is 46.9 Å². The van der Waals surface area contributed by atoms with Crippen LogP contribution in [0.15, 0.2) is 103 Å². The minimum absolute atomic E-state index is 0.302. The first-order valence-electron chi connectivity index (χ1n) is 10.8. The van der Waals surface area contributed by atoms with Crippen molar-refractivity contribution in [3.63, 3.8) is 0 Å². The monoisotopic (exact) mass is 406 g/mol. The molecule has 4 aromatic rings. The van der Waals surface area contributed by atoms with Crippen LogP contribution in [0.2, 0.25) is 0 Å². The lowest BCUT2D eigenvalue weighted by atomic mass is 9.92. The number of aromatic nitrogens is 1. The Labute approximate surface area is 184 Å². The Hall–Kier alpha value is -3.43. The minimum atomic E-state index is 0.302. The van der Waals surface area contributed by atoms with E-state index in [1.54, 1.807) is 0 Å². The minimum Gasteiger partial charge on any atom is -0.492 e. The van der Waals surface area contributed by atoms with Crippen molar-refractivity contribution in [1.29, 1.82) is 0 Å². The molecule has 154 valence electrons. The van der Waals surface area contributed by atoms with Crippen molar-refractivity contribution in [1.82, 2.24) is 9.88 Å². The summed E-state index contributed by atoms with van der Waals surface area (Å²) in [5.41, 5.74) is 6.37. The summed E-state index contributed by atoms with van der Waals surface area (Å²) >= 11 is 0. The highest BCUT2D eigenvalue weighted by atomic mass is 16.5. The first kappa shape index (κ1) is 19.5. The summed E-state index contributed by atoms with van der Waals surface area (Å²) in [5, 5.41) is 0. The van der Waals surface area contributed by atoms with Gasteiger partial charge in [-0.2, -0.15) is 0 Å². The highest BCUT2D eigenvalue weighted by Crippen LogP contribution is 2.35. The Balaban J connectivity index is 1.46. The van der Waals surface area contributed by atoms with Crippen molar-refractivity contribution in [2.45, 2.75) is 25.6 Å². The van der Waals surface area contributed by atoms with E-state index in [1.165, 1.54) is 27.8 Å². The maximum absolute atomic E-state index is 6.30. The Morgan fingerprint density at radius 1 is 0.742 bits per heavy atom. The van der Waals surface area contributed by atoms with Gasteiger partial charge in [0.15, 0.2) is 0 Å². The van der Waals surface area contributed by atoms with Crippen LogP contribution in [0.3, 0.4) is 0 Å². The van der Waals surface area contributed by atoms with Crippen molar-refractivity contribution in [3.05, 3.63) is 120 Å². The van der Waals surface area contributed by atoms with Crippen LogP contribution < -0.4 is 4.74 Å². The molecule has 0 spiro atoms. The zero-order valence-corrected chi connectivity index (χ0v) is 17.5. The third-order valence-corrected chi connectivity index (χ3v) is 5.97. The second kappa shape index (κ2) is 9.15. The van der Waals surface area contributed by atoms with Gasteiger partial charge in [-0.25, -0.2) is 0 Å². The molecule has 0 fully saturated rings. The number of hydrogen-bond donors (Lipinski definition) is 0. The summed E-state index contributed by atoms with van der Waals surface area (Å²) in [6, 6.07) is 32.3. The van der Waals surface area contributed by atoms with Gasteiger partial charge in [0.25, 0.3) is 0 Å². The molecule has 3 heteroatoms. The van der Waals surface area contributed by atoms with Crippen LogP contribution in [0, 0.1) is 0 Å². The van der Waals surface area contributed by atoms with Crippen LogP contribution in [-0.4, -0.2) is 22.5 Å². The van der Waals surface area contributed by atoms with Crippen molar-refractivity contribution < 1.29 is 4.74 Å². The van der Waals surface area contributed by atoms with Crippen LogP contribution in [0.5, 0.6) is 5.75 Å². The van der Waals surface area contributed by atoms with E-state index in [-0.39, 0.29) is 0 Å². The molecule has 0 bridgehead atoms. The topological polar surface area (TPSA) is 25.4 Å². The largest absolute Gasteiger partial charge is 0.492 e.